The van der Waals surface area contributed by atoms with Crippen molar-refractivity contribution in [3.8, 4) is 5.75 Å². The molecule has 0 aliphatic rings. The van der Waals surface area contributed by atoms with Gasteiger partial charge in [-0.3, -0.25) is 4.79 Å². The van der Waals surface area contributed by atoms with Crippen LogP contribution in [0.5, 0.6) is 5.75 Å². The molecule has 1 aromatic rings. The minimum absolute atomic E-state index is 0.0447. The minimum atomic E-state index is -4.39. The van der Waals surface area contributed by atoms with Crippen molar-refractivity contribution in [2.45, 2.75) is 32.0 Å². The summed E-state index contributed by atoms with van der Waals surface area (Å²) in [6, 6.07) is 5.97. The molecule has 1 atom stereocenters. The van der Waals surface area contributed by atoms with Crippen molar-refractivity contribution >= 4 is 5.91 Å². The minimum Gasteiger partial charge on any atom is -0.484 e. The highest BCUT2D eigenvalue weighted by Gasteiger charge is 2.28. The maximum Gasteiger partial charge on any atom is 0.422 e. The number of aliphatic hydroxyl groups excluding tert-OH is 1. The van der Waals surface area contributed by atoms with Gasteiger partial charge in [0, 0.05) is 6.54 Å². The summed E-state index contributed by atoms with van der Waals surface area (Å²) in [5.41, 5.74) is 0.559. The zero-order chi connectivity index (χ0) is 15.9. The number of halogens is 3. The number of rotatable bonds is 7. The summed E-state index contributed by atoms with van der Waals surface area (Å²) < 4.78 is 40.8. The highest BCUT2D eigenvalue weighted by molar-refractivity contribution is 5.78. The lowest BCUT2D eigenvalue weighted by molar-refractivity contribution is -0.153. The molecule has 0 aromatic heterocycles. The molecule has 118 valence electrons. The van der Waals surface area contributed by atoms with Crippen LogP contribution >= 0.6 is 0 Å². The van der Waals surface area contributed by atoms with Gasteiger partial charge >= 0.3 is 6.18 Å². The van der Waals surface area contributed by atoms with E-state index in [1.165, 1.54) is 18.2 Å². The molecule has 4 nitrogen and oxygen atoms in total. The Morgan fingerprint density at radius 3 is 2.76 bits per heavy atom. The number of aliphatic hydroxyl groups is 1. The van der Waals surface area contributed by atoms with Gasteiger partial charge in [-0.05, 0) is 31.0 Å². The Kier molecular flexibility index (Phi) is 6.48. The van der Waals surface area contributed by atoms with Crippen molar-refractivity contribution in [2.75, 3.05) is 13.2 Å². The van der Waals surface area contributed by atoms with E-state index in [1.807, 2.05) is 0 Å². The van der Waals surface area contributed by atoms with Crippen molar-refractivity contribution in [1.82, 2.24) is 5.32 Å². The van der Waals surface area contributed by atoms with E-state index < -0.39 is 18.9 Å². The molecule has 0 aliphatic heterocycles. The molecule has 0 aliphatic carbocycles. The first-order chi connectivity index (χ1) is 9.76. The van der Waals surface area contributed by atoms with E-state index in [1.54, 1.807) is 13.0 Å². The molecule has 21 heavy (non-hydrogen) atoms. The van der Waals surface area contributed by atoms with Gasteiger partial charge in [-0.25, -0.2) is 0 Å². The molecule has 7 heteroatoms. The van der Waals surface area contributed by atoms with Gasteiger partial charge in [-0.1, -0.05) is 12.1 Å². The van der Waals surface area contributed by atoms with Crippen LogP contribution in [0.25, 0.3) is 0 Å². The molecule has 0 bridgehead atoms. The van der Waals surface area contributed by atoms with Crippen LogP contribution in [0.2, 0.25) is 0 Å². The van der Waals surface area contributed by atoms with Crippen LogP contribution in [-0.2, 0) is 11.2 Å². The van der Waals surface area contributed by atoms with Crippen LogP contribution in [0.15, 0.2) is 24.3 Å². The number of carbonyl (C=O) groups is 1. The topological polar surface area (TPSA) is 58.6 Å². The normalized spacial score (nSPS) is 12.8. The summed E-state index contributed by atoms with van der Waals surface area (Å²) in [7, 11) is 0. The number of nitrogens with one attached hydrogen (secondary N) is 1. The molecule has 0 heterocycles. The van der Waals surface area contributed by atoms with E-state index in [0.717, 1.165) is 0 Å². The Morgan fingerprint density at radius 1 is 1.43 bits per heavy atom. The first-order valence-corrected chi connectivity index (χ1v) is 6.49. The monoisotopic (exact) mass is 305 g/mol. The lowest BCUT2D eigenvalue weighted by Gasteiger charge is -2.10. The Balaban J connectivity index is 2.46. The molecule has 2 N–H and O–H groups in total. The summed E-state index contributed by atoms with van der Waals surface area (Å²) >= 11 is 0. The summed E-state index contributed by atoms with van der Waals surface area (Å²) in [5, 5.41) is 11.7. The fourth-order valence-corrected chi connectivity index (χ4v) is 1.58. The third kappa shape index (κ3) is 8.19. The molecule has 0 saturated carbocycles. The molecule has 0 fully saturated rings. The molecule has 0 spiro atoms. The number of benzene rings is 1. The first-order valence-electron chi connectivity index (χ1n) is 6.49. The summed E-state index contributed by atoms with van der Waals surface area (Å²) in [6.07, 6.45) is -4.40. The van der Waals surface area contributed by atoms with Gasteiger partial charge in [-0.2, -0.15) is 13.2 Å². The van der Waals surface area contributed by atoms with E-state index in [4.69, 9.17) is 5.11 Å². The quantitative estimate of drug-likeness (QED) is 0.810. The van der Waals surface area contributed by atoms with Gasteiger partial charge in [0.15, 0.2) is 6.61 Å². The van der Waals surface area contributed by atoms with Gasteiger partial charge < -0.3 is 15.2 Å². The second kappa shape index (κ2) is 7.87. The Bertz CT molecular complexity index is 461. The zero-order valence-electron chi connectivity index (χ0n) is 11.6. The third-order valence-electron chi connectivity index (χ3n) is 2.55. The van der Waals surface area contributed by atoms with E-state index in [9.17, 15) is 18.0 Å². The number of hydrogen-bond donors (Lipinski definition) is 2. The molecular formula is C14H18F3NO3. The molecule has 0 saturated heterocycles. The molecule has 1 rings (SSSR count). The van der Waals surface area contributed by atoms with E-state index >= 15 is 0 Å². The van der Waals surface area contributed by atoms with Gasteiger partial charge in [-0.15, -0.1) is 0 Å². The van der Waals surface area contributed by atoms with Crippen molar-refractivity contribution in [2.24, 2.45) is 0 Å². The van der Waals surface area contributed by atoms with Crippen LogP contribution in [0.4, 0.5) is 13.2 Å². The van der Waals surface area contributed by atoms with Crippen molar-refractivity contribution < 1.29 is 27.8 Å². The van der Waals surface area contributed by atoms with Gasteiger partial charge in [0.05, 0.1) is 12.5 Å². The Labute approximate surface area is 120 Å². The molecule has 1 unspecified atom stereocenters. The number of hydrogen-bond acceptors (Lipinski definition) is 3. The summed E-state index contributed by atoms with van der Waals surface area (Å²) in [6.45, 7) is 0.603. The largest absolute Gasteiger partial charge is 0.484 e. The Hall–Kier alpha value is -1.76. The smallest absolute Gasteiger partial charge is 0.422 e. The lowest BCUT2D eigenvalue weighted by Crippen LogP contribution is -2.27. The Morgan fingerprint density at radius 2 is 2.14 bits per heavy atom. The molecular weight excluding hydrogens is 287 g/mol. The zero-order valence-corrected chi connectivity index (χ0v) is 11.6. The molecule has 1 aromatic carbocycles. The van der Waals surface area contributed by atoms with Crippen LogP contribution in [-0.4, -0.2) is 36.4 Å². The van der Waals surface area contributed by atoms with Crippen molar-refractivity contribution in [3.63, 3.8) is 0 Å². The van der Waals surface area contributed by atoms with Crippen LogP contribution < -0.4 is 10.1 Å². The average molecular weight is 305 g/mol. The molecule has 0 radical (unpaired) electrons. The standard InChI is InChI=1S/C14H18F3NO3/c1-10(19)5-6-18-13(20)8-11-3-2-4-12(7-11)21-9-14(15,16)17/h2-4,7,10,19H,5-6,8-9H2,1H3,(H,18,20). The van der Waals surface area contributed by atoms with Gasteiger partial charge in [0.25, 0.3) is 0 Å². The van der Waals surface area contributed by atoms with E-state index in [0.29, 0.717) is 18.5 Å². The third-order valence-corrected chi connectivity index (χ3v) is 2.55. The van der Waals surface area contributed by atoms with Crippen LogP contribution in [0, 0.1) is 0 Å². The highest BCUT2D eigenvalue weighted by atomic mass is 19.4. The molecule has 1 amide bonds. The van der Waals surface area contributed by atoms with Crippen LogP contribution in [0.1, 0.15) is 18.9 Å². The number of amides is 1. The van der Waals surface area contributed by atoms with Gasteiger partial charge in [0.1, 0.15) is 5.75 Å². The van der Waals surface area contributed by atoms with Crippen molar-refractivity contribution in [3.05, 3.63) is 29.8 Å². The second-order valence-electron chi connectivity index (χ2n) is 4.72. The second-order valence-corrected chi connectivity index (χ2v) is 4.72. The lowest BCUT2D eigenvalue weighted by atomic mass is 10.1. The van der Waals surface area contributed by atoms with Gasteiger partial charge in [0.2, 0.25) is 5.91 Å². The SMILES string of the molecule is CC(O)CCNC(=O)Cc1cccc(OCC(F)(F)F)c1. The fourth-order valence-electron chi connectivity index (χ4n) is 1.58. The van der Waals surface area contributed by atoms with E-state index in [-0.39, 0.29) is 18.1 Å². The maximum atomic E-state index is 12.0. The number of carbonyl (C=O) groups excluding carboxylic acids is 1. The summed E-state index contributed by atoms with van der Waals surface area (Å²) in [4.78, 5) is 11.6. The van der Waals surface area contributed by atoms with Crippen molar-refractivity contribution in [1.29, 1.82) is 0 Å². The summed E-state index contributed by atoms with van der Waals surface area (Å²) in [5.74, 6) is -0.190. The maximum absolute atomic E-state index is 12.0. The average Bonchev–Trinajstić information content (AvgIpc) is 2.35. The number of alkyl halides is 3. The number of ether oxygens (including phenoxy) is 1. The van der Waals surface area contributed by atoms with Crippen LogP contribution in [0.3, 0.4) is 0 Å². The predicted molar refractivity (Wildman–Crippen MR) is 71.0 cm³/mol. The predicted octanol–water partition coefficient (Wildman–Crippen LogP) is 2.06. The fraction of sp³-hybridized carbons (Fsp3) is 0.500. The first kappa shape index (κ1) is 17.3. The van der Waals surface area contributed by atoms with E-state index in [2.05, 4.69) is 10.1 Å². The highest BCUT2D eigenvalue weighted by Crippen LogP contribution is 2.19.